The Labute approximate surface area is 112 Å². The van der Waals surface area contributed by atoms with Crippen molar-refractivity contribution in [1.29, 1.82) is 0 Å². The summed E-state index contributed by atoms with van der Waals surface area (Å²) < 4.78 is 5.79. The van der Waals surface area contributed by atoms with Crippen LogP contribution in [0, 0.1) is 6.92 Å². The molecular formula is C15H15ClO2. The van der Waals surface area contributed by atoms with Crippen LogP contribution in [0.5, 0.6) is 11.5 Å². The Kier molecular flexibility index (Phi) is 3.90. The molecular weight excluding hydrogens is 248 g/mol. The van der Waals surface area contributed by atoms with E-state index < -0.39 is 6.10 Å². The molecule has 2 nitrogen and oxygen atoms in total. The molecule has 0 radical (unpaired) electrons. The Morgan fingerprint density at radius 3 is 2.56 bits per heavy atom. The van der Waals surface area contributed by atoms with Gasteiger partial charge >= 0.3 is 0 Å². The van der Waals surface area contributed by atoms with Crippen LogP contribution in [0.4, 0.5) is 0 Å². The lowest BCUT2D eigenvalue weighted by atomic mass is 10.1. The third-order valence-electron chi connectivity index (χ3n) is 2.68. The zero-order valence-corrected chi connectivity index (χ0v) is 11.1. The minimum Gasteiger partial charge on any atom is -0.455 e. The van der Waals surface area contributed by atoms with E-state index >= 15 is 0 Å². The SMILES string of the molecule is Cc1ccc(Cl)c(Oc2ccccc2[C@H](C)O)c1. The maximum Gasteiger partial charge on any atom is 0.146 e. The molecule has 18 heavy (non-hydrogen) atoms. The first-order chi connectivity index (χ1) is 8.58. The number of para-hydroxylation sites is 1. The average molecular weight is 263 g/mol. The van der Waals surface area contributed by atoms with Crippen LogP contribution in [-0.2, 0) is 0 Å². The molecule has 1 atom stereocenters. The first kappa shape index (κ1) is 12.9. The van der Waals surface area contributed by atoms with Gasteiger partial charge in [-0.15, -0.1) is 0 Å². The molecule has 94 valence electrons. The van der Waals surface area contributed by atoms with Gasteiger partial charge in [0.2, 0.25) is 0 Å². The van der Waals surface area contributed by atoms with E-state index in [0.717, 1.165) is 11.1 Å². The fraction of sp³-hybridized carbons (Fsp3) is 0.200. The normalized spacial score (nSPS) is 12.2. The molecule has 3 heteroatoms. The molecule has 2 aromatic carbocycles. The number of aryl methyl sites for hydroxylation is 1. The number of hydrogen-bond donors (Lipinski definition) is 1. The van der Waals surface area contributed by atoms with Crippen LogP contribution in [0.1, 0.15) is 24.2 Å². The molecule has 0 aliphatic heterocycles. The van der Waals surface area contributed by atoms with Crippen LogP contribution in [0.2, 0.25) is 5.02 Å². The van der Waals surface area contributed by atoms with Crippen molar-refractivity contribution in [2.75, 3.05) is 0 Å². The Morgan fingerprint density at radius 2 is 1.83 bits per heavy atom. The predicted octanol–water partition coefficient (Wildman–Crippen LogP) is 4.49. The molecule has 0 bridgehead atoms. The van der Waals surface area contributed by atoms with Crippen molar-refractivity contribution in [3.8, 4) is 11.5 Å². The number of halogens is 1. The monoisotopic (exact) mass is 262 g/mol. The van der Waals surface area contributed by atoms with Crippen LogP contribution in [0.15, 0.2) is 42.5 Å². The zero-order valence-electron chi connectivity index (χ0n) is 10.4. The summed E-state index contributed by atoms with van der Waals surface area (Å²) in [4.78, 5) is 0. The van der Waals surface area contributed by atoms with Crippen molar-refractivity contribution in [2.45, 2.75) is 20.0 Å². The van der Waals surface area contributed by atoms with Crippen molar-refractivity contribution in [3.63, 3.8) is 0 Å². The lowest BCUT2D eigenvalue weighted by molar-refractivity contribution is 0.195. The molecule has 0 aromatic heterocycles. The van der Waals surface area contributed by atoms with Crippen LogP contribution in [0.25, 0.3) is 0 Å². The maximum absolute atomic E-state index is 9.69. The van der Waals surface area contributed by atoms with Gasteiger partial charge in [-0.25, -0.2) is 0 Å². The van der Waals surface area contributed by atoms with E-state index in [9.17, 15) is 5.11 Å². The summed E-state index contributed by atoms with van der Waals surface area (Å²) in [6.07, 6.45) is -0.579. The van der Waals surface area contributed by atoms with E-state index in [-0.39, 0.29) is 0 Å². The Morgan fingerprint density at radius 1 is 1.11 bits per heavy atom. The lowest BCUT2D eigenvalue weighted by Crippen LogP contribution is -1.96. The Balaban J connectivity index is 2.37. The van der Waals surface area contributed by atoms with E-state index in [1.165, 1.54) is 0 Å². The van der Waals surface area contributed by atoms with Gasteiger partial charge in [0.1, 0.15) is 11.5 Å². The second kappa shape index (κ2) is 5.42. The second-order valence-electron chi connectivity index (χ2n) is 4.25. The summed E-state index contributed by atoms with van der Waals surface area (Å²) in [5.74, 6) is 1.23. The number of rotatable bonds is 3. The maximum atomic E-state index is 9.69. The standard InChI is InChI=1S/C15H15ClO2/c1-10-7-8-13(16)15(9-10)18-14-6-4-3-5-12(14)11(2)17/h3-9,11,17H,1-2H3/t11-/m0/s1. The number of benzene rings is 2. The molecule has 0 heterocycles. The van der Waals surface area contributed by atoms with Gasteiger partial charge in [-0.3, -0.25) is 0 Å². The summed E-state index contributed by atoms with van der Waals surface area (Å²) >= 11 is 6.09. The fourth-order valence-electron chi connectivity index (χ4n) is 1.73. The van der Waals surface area contributed by atoms with Gasteiger partial charge < -0.3 is 9.84 Å². The summed E-state index contributed by atoms with van der Waals surface area (Å²) in [5.41, 5.74) is 1.82. The molecule has 1 N–H and O–H groups in total. The first-order valence-corrected chi connectivity index (χ1v) is 6.16. The molecule has 2 aromatic rings. The molecule has 0 fully saturated rings. The summed E-state index contributed by atoms with van der Waals surface area (Å²) in [5, 5.41) is 10.2. The highest BCUT2D eigenvalue weighted by molar-refractivity contribution is 6.32. The van der Waals surface area contributed by atoms with Crippen molar-refractivity contribution >= 4 is 11.6 Å². The topological polar surface area (TPSA) is 29.5 Å². The third-order valence-corrected chi connectivity index (χ3v) is 2.99. The molecule has 0 aliphatic rings. The second-order valence-corrected chi connectivity index (χ2v) is 4.66. The zero-order chi connectivity index (χ0) is 13.1. The van der Waals surface area contributed by atoms with Gasteiger partial charge in [-0.1, -0.05) is 35.9 Å². The summed E-state index contributed by atoms with van der Waals surface area (Å²) in [6.45, 7) is 3.68. The predicted molar refractivity (Wildman–Crippen MR) is 73.3 cm³/mol. The molecule has 0 spiro atoms. The molecule has 0 amide bonds. The van der Waals surface area contributed by atoms with Gasteiger partial charge in [0.05, 0.1) is 11.1 Å². The van der Waals surface area contributed by atoms with Gasteiger partial charge in [0, 0.05) is 5.56 Å². The van der Waals surface area contributed by atoms with Crippen LogP contribution >= 0.6 is 11.6 Å². The number of hydrogen-bond acceptors (Lipinski definition) is 2. The van der Waals surface area contributed by atoms with E-state index in [4.69, 9.17) is 16.3 Å². The number of aliphatic hydroxyl groups excluding tert-OH is 1. The summed E-state index contributed by atoms with van der Waals surface area (Å²) in [7, 11) is 0. The minimum atomic E-state index is -0.579. The lowest BCUT2D eigenvalue weighted by Gasteiger charge is -2.14. The van der Waals surface area contributed by atoms with Crippen molar-refractivity contribution in [1.82, 2.24) is 0 Å². The van der Waals surface area contributed by atoms with Crippen molar-refractivity contribution in [3.05, 3.63) is 58.6 Å². The van der Waals surface area contributed by atoms with Crippen LogP contribution < -0.4 is 4.74 Å². The average Bonchev–Trinajstić information content (AvgIpc) is 2.34. The Bertz CT molecular complexity index is 550. The van der Waals surface area contributed by atoms with Crippen LogP contribution in [-0.4, -0.2) is 5.11 Å². The molecule has 0 unspecified atom stereocenters. The highest BCUT2D eigenvalue weighted by Crippen LogP contribution is 2.33. The minimum absolute atomic E-state index is 0.556. The number of aliphatic hydroxyl groups is 1. The molecule has 0 aliphatic carbocycles. The van der Waals surface area contributed by atoms with Gasteiger partial charge in [0.15, 0.2) is 0 Å². The van der Waals surface area contributed by atoms with E-state index in [1.807, 2.05) is 43.3 Å². The van der Waals surface area contributed by atoms with Gasteiger partial charge in [0.25, 0.3) is 0 Å². The Hall–Kier alpha value is -1.51. The highest BCUT2D eigenvalue weighted by atomic mass is 35.5. The number of ether oxygens (including phenoxy) is 1. The fourth-order valence-corrected chi connectivity index (χ4v) is 1.88. The van der Waals surface area contributed by atoms with Crippen molar-refractivity contribution < 1.29 is 9.84 Å². The largest absolute Gasteiger partial charge is 0.455 e. The van der Waals surface area contributed by atoms with E-state index in [0.29, 0.717) is 16.5 Å². The quantitative estimate of drug-likeness (QED) is 0.883. The van der Waals surface area contributed by atoms with E-state index in [1.54, 1.807) is 13.0 Å². The third kappa shape index (κ3) is 2.84. The first-order valence-electron chi connectivity index (χ1n) is 5.79. The molecule has 0 saturated carbocycles. The smallest absolute Gasteiger partial charge is 0.146 e. The van der Waals surface area contributed by atoms with Gasteiger partial charge in [-0.05, 0) is 37.6 Å². The summed E-state index contributed by atoms with van der Waals surface area (Å²) in [6, 6.07) is 13.0. The van der Waals surface area contributed by atoms with E-state index in [2.05, 4.69) is 0 Å². The molecule has 0 saturated heterocycles. The van der Waals surface area contributed by atoms with Crippen LogP contribution in [0.3, 0.4) is 0 Å². The van der Waals surface area contributed by atoms with Gasteiger partial charge in [-0.2, -0.15) is 0 Å². The highest BCUT2D eigenvalue weighted by Gasteiger charge is 2.10. The van der Waals surface area contributed by atoms with Crippen molar-refractivity contribution in [2.24, 2.45) is 0 Å². The molecule has 2 rings (SSSR count).